The molecule has 6 heteroatoms. The smallest absolute Gasteiger partial charge is 0.335 e. The average molecular weight is 511 g/mol. The Kier molecular flexibility index (Phi) is 8.52. The zero-order valence-electron chi connectivity index (χ0n) is 22.4. The molecule has 1 aromatic heterocycles. The van der Waals surface area contributed by atoms with Gasteiger partial charge in [-0.3, -0.25) is 4.79 Å². The summed E-state index contributed by atoms with van der Waals surface area (Å²) < 4.78 is 5.44. The maximum Gasteiger partial charge on any atom is 0.335 e. The lowest BCUT2D eigenvalue weighted by molar-refractivity contribution is 0.0696. The van der Waals surface area contributed by atoms with Crippen LogP contribution in [0.4, 0.5) is 0 Å². The van der Waals surface area contributed by atoms with Crippen LogP contribution in [0, 0.1) is 11.8 Å². The van der Waals surface area contributed by atoms with Crippen LogP contribution in [0.1, 0.15) is 71.5 Å². The van der Waals surface area contributed by atoms with Gasteiger partial charge in [0.1, 0.15) is 0 Å². The summed E-state index contributed by atoms with van der Waals surface area (Å²) in [5, 5.41) is 12.8. The summed E-state index contributed by atoms with van der Waals surface area (Å²) in [5.41, 5.74) is 6.57. The van der Waals surface area contributed by atoms with Gasteiger partial charge in [0, 0.05) is 23.1 Å². The quantitative estimate of drug-likeness (QED) is 0.280. The first kappa shape index (κ1) is 27.0. The van der Waals surface area contributed by atoms with Crippen LogP contribution >= 0.6 is 0 Å². The van der Waals surface area contributed by atoms with Gasteiger partial charge in [-0.05, 0) is 78.1 Å². The molecule has 1 N–H and O–H groups in total. The van der Waals surface area contributed by atoms with E-state index in [2.05, 4.69) is 50.0 Å². The fourth-order valence-electron chi connectivity index (χ4n) is 4.56. The molecule has 1 aliphatic rings. The first-order chi connectivity index (χ1) is 18.2. The van der Waals surface area contributed by atoms with E-state index in [4.69, 9.17) is 9.63 Å². The van der Waals surface area contributed by atoms with Crippen LogP contribution in [0.15, 0.2) is 71.3 Å². The minimum Gasteiger partial charge on any atom is -0.478 e. The number of fused-ring (bicyclic) bond motifs is 1. The lowest BCUT2D eigenvalue weighted by atomic mass is 10.0. The summed E-state index contributed by atoms with van der Waals surface area (Å²) in [6.07, 6.45) is 3.45. The van der Waals surface area contributed by atoms with Gasteiger partial charge in [0.05, 0.1) is 5.56 Å². The summed E-state index contributed by atoms with van der Waals surface area (Å²) in [5.74, 6) is 1.67. The minimum atomic E-state index is -0.865. The molecule has 6 nitrogen and oxygen atoms in total. The van der Waals surface area contributed by atoms with E-state index in [0.717, 1.165) is 41.5 Å². The minimum absolute atomic E-state index is 0.219. The van der Waals surface area contributed by atoms with Gasteiger partial charge in [0.25, 0.3) is 5.89 Å². The second-order valence-electron chi connectivity index (χ2n) is 10.6. The molecule has 0 saturated heterocycles. The molecule has 0 aliphatic heterocycles. The Morgan fingerprint density at radius 1 is 0.842 bits per heavy atom. The molecular formula is C32H34N2O4. The van der Waals surface area contributed by atoms with Crippen LogP contribution in [0.25, 0.3) is 22.8 Å². The Labute approximate surface area is 223 Å². The largest absolute Gasteiger partial charge is 0.478 e. The molecule has 1 aliphatic carbocycles. The van der Waals surface area contributed by atoms with Crippen LogP contribution in [0.5, 0.6) is 0 Å². The Bertz CT molecular complexity index is 1400. The average Bonchev–Trinajstić information content (AvgIpc) is 3.52. The first-order valence-corrected chi connectivity index (χ1v) is 13.1. The number of carbonyl (C=O) groups is 2. The molecule has 38 heavy (non-hydrogen) atoms. The molecule has 5 rings (SSSR count). The molecule has 0 amide bonds. The van der Waals surface area contributed by atoms with Crippen molar-refractivity contribution >= 4 is 11.8 Å². The first-order valence-electron chi connectivity index (χ1n) is 13.1. The van der Waals surface area contributed by atoms with E-state index in [0.29, 0.717) is 35.5 Å². The van der Waals surface area contributed by atoms with Crippen LogP contribution < -0.4 is 0 Å². The van der Waals surface area contributed by atoms with Crippen LogP contribution in [0.2, 0.25) is 0 Å². The van der Waals surface area contributed by atoms with Gasteiger partial charge in [-0.15, -0.1) is 0 Å². The van der Waals surface area contributed by atoms with E-state index in [1.54, 1.807) is 12.1 Å². The summed E-state index contributed by atoms with van der Waals surface area (Å²) >= 11 is 0. The zero-order valence-corrected chi connectivity index (χ0v) is 22.4. The molecule has 0 radical (unpaired) electrons. The molecule has 0 bridgehead atoms. The maximum atomic E-state index is 11.7. The van der Waals surface area contributed by atoms with Crippen molar-refractivity contribution in [1.29, 1.82) is 0 Å². The van der Waals surface area contributed by atoms with Gasteiger partial charge < -0.3 is 9.63 Å². The number of ketones is 1. The Morgan fingerprint density at radius 3 is 2.00 bits per heavy atom. The summed E-state index contributed by atoms with van der Waals surface area (Å²) in [7, 11) is 0. The van der Waals surface area contributed by atoms with Gasteiger partial charge in [0.2, 0.25) is 5.82 Å². The van der Waals surface area contributed by atoms with Crippen molar-refractivity contribution in [3.63, 3.8) is 0 Å². The van der Waals surface area contributed by atoms with Crippen LogP contribution in [-0.4, -0.2) is 27.0 Å². The van der Waals surface area contributed by atoms with Crippen molar-refractivity contribution in [3.8, 4) is 22.8 Å². The predicted octanol–water partition coefficient (Wildman–Crippen LogP) is 7.31. The highest BCUT2D eigenvalue weighted by atomic mass is 16.5. The van der Waals surface area contributed by atoms with Gasteiger partial charge in [0.15, 0.2) is 5.78 Å². The van der Waals surface area contributed by atoms with Crippen molar-refractivity contribution in [2.24, 2.45) is 11.8 Å². The summed E-state index contributed by atoms with van der Waals surface area (Å²) in [6.45, 7) is 8.71. The van der Waals surface area contributed by atoms with E-state index in [-0.39, 0.29) is 5.78 Å². The predicted molar refractivity (Wildman–Crippen MR) is 148 cm³/mol. The number of hydrogen-bond donors (Lipinski definition) is 1. The Morgan fingerprint density at radius 2 is 1.42 bits per heavy atom. The van der Waals surface area contributed by atoms with E-state index in [1.165, 1.54) is 11.1 Å². The second-order valence-corrected chi connectivity index (χ2v) is 10.6. The third kappa shape index (κ3) is 6.82. The number of aryl methyl sites for hydroxylation is 1. The van der Waals surface area contributed by atoms with Gasteiger partial charge >= 0.3 is 5.97 Å². The van der Waals surface area contributed by atoms with Crippen molar-refractivity contribution in [2.75, 3.05) is 0 Å². The summed E-state index contributed by atoms with van der Waals surface area (Å²) in [4.78, 5) is 26.8. The number of carbonyl (C=O) groups excluding carboxylic acids is 1. The topological polar surface area (TPSA) is 93.3 Å². The zero-order chi connectivity index (χ0) is 27.2. The number of rotatable bonds is 7. The number of carboxylic acids is 1. The molecule has 1 heterocycles. The lowest BCUT2D eigenvalue weighted by Crippen LogP contribution is -1.98. The third-order valence-electron chi connectivity index (χ3n) is 6.40. The maximum absolute atomic E-state index is 11.7. The number of hydrogen-bond acceptors (Lipinski definition) is 5. The number of aromatic nitrogens is 2. The monoisotopic (exact) mass is 510 g/mol. The van der Waals surface area contributed by atoms with Crippen molar-refractivity contribution in [1.82, 2.24) is 10.1 Å². The van der Waals surface area contributed by atoms with Crippen molar-refractivity contribution in [2.45, 2.75) is 53.4 Å². The van der Waals surface area contributed by atoms with Gasteiger partial charge in [-0.25, -0.2) is 4.79 Å². The second kappa shape index (κ2) is 12.0. The molecule has 0 unspecified atom stereocenters. The van der Waals surface area contributed by atoms with Gasteiger partial charge in [-0.2, -0.15) is 4.98 Å². The standard InChI is InChI=1S/C21H20N2O2.C11H14O2/c1-13(2)11-14-3-5-15(6-4-14)21-22-20(23-25-21)17-7-9-18-16(12-17)8-10-19(18)24;1-8(2)7-9-3-5-10(6-4-9)11(12)13/h3-7,9,12-13H,8,10-11H2,1-2H3;3-6,8H,7H2,1-2H3,(H,12,13). The molecule has 3 aromatic carbocycles. The van der Waals surface area contributed by atoms with Gasteiger partial charge in [-0.1, -0.05) is 69.2 Å². The molecule has 4 aromatic rings. The molecular weight excluding hydrogens is 476 g/mol. The molecule has 0 saturated carbocycles. The molecule has 0 spiro atoms. The fraction of sp³-hybridized carbons (Fsp3) is 0.312. The van der Waals surface area contributed by atoms with Crippen LogP contribution in [-0.2, 0) is 19.3 Å². The number of carboxylic acid groups (broad SMARTS) is 1. The normalized spacial score (nSPS) is 12.4. The van der Waals surface area contributed by atoms with Crippen molar-refractivity contribution < 1.29 is 19.2 Å². The molecule has 0 fully saturated rings. The van der Waals surface area contributed by atoms with E-state index in [9.17, 15) is 9.59 Å². The number of nitrogens with zero attached hydrogens (tertiary/aromatic N) is 2. The highest BCUT2D eigenvalue weighted by Gasteiger charge is 2.21. The number of Topliss-reactive ketones (excluding diaryl/α,β-unsaturated/α-hetero) is 1. The Balaban J connectivity index is 0.000000219. The lowest BCUT2D eigenvalue weighted by Gasteiger charge is -2.04. The van der Waals surface area contributed by atoms with E-state index < -0.39 is 5.97 Å². The highest BCUT2D eigenvalue weighted by Crippen LogP contribution is 2.28. The molecule has 0 atom stereocenters. The third-order valence-corrected chi connectivity index (χ3v) is 6.40. The SMILES string of the molecule is CC(C)Cc1ccc(-c2nc(-c3ccc4c(c3)CCC4=O)no2)cc1.CC(C)Cc1ccc(C(=O)O)cc1. The van der Waals surface area contributed by atoms with Crippen molar-refractivity contribution in [3.05, 3.63) is 94.5 Å². The number of aromatic carboxylic acids is 1. The highest BCUT2D eigenvalue weighted by molar-refractivity contribution is 6.00. The summed E-state index contributed by atoms with van der Waals surface area (Å²) in [6, 6.07) is 21.1. The fourth-order valence-corrected chi connectivity index (χ4v) is 4.56. The van der Waals surface area contributed by atoms with E-state index in [1.807, 2.05) is 42.5 Å². The number of benzene rings is 3. The molecule has 196 valence electrons. The van der Waals surface area contributed by atoms with E-state index >= 15 is 0 Å². The Hall–Kier alpha value is -4.06. The van der Waals surface area contributed by atoms with Crippen LogP contribution in [0.3, 0.4) is 0 Å².